The van der Waals surface area contributed by atoms with Gasteiger partial charge in [0.1, 0.15) is 23.0 Å². The number of unbranched alkanes of at least 4 members (excludes halogenated alkanes) is 1. The van der Waals surface area contributed by atoms with Crippen molar-refractivity contribution in [1.82, 2.24) is 0 Å². The Morgan fingerprint density at radius 2 is 1.15 bits per heavy atom. The third-order valence-electron chi connectivity index (χ3n) is 4.61. The fourth-order valence-corrected chi connectivity index (χ4v) is 2.78. The van der Waals surface area contributed by atoms with Gasteiger partial charge in [-0.25, -0.2) is 14.4 Å². The summed E-state index contributed by atoms with van der Waals surface area (Å²) in [6.07, 6.45) is 5.22. The molecule has 0 saturated heterocycles. The Morgan fingerprint density at radius 1 is 0.718 bits per heavy atom. The maximum Gasteiger partial charge on any atom is 0.343 e. The zero-order valence-corrected chi connectivity index (χ0v) is 22.8. The van der Waals surface area contributed by atoms with Crippen LogP contribution in [0.5, 0.6) is 11.5 Å². The summed E-state index contributed by atoms with van der Waals surface area (Å²) >= 11 is 0. The summed E-state index contributed by atoms with van der Waals surface area (Å²) in [6, 6.07) is 13.0. The van der Waals surface area contributed by atoms with E-state index in [4.69, 9.17) is 23.7 Å². The number of hydrogen-bond acceptors (Lipinski definition) is 8. The zero-order valence-electron chi connectivity index (χ0n) is 22.8. The summed E-state index contributed by atoms with van der Waals surface area (Å²) < 4.78 is 26.2. The molecule has 0 spiro atoms. The van der Waals surface area contributed by atoms with Crippen molar-refractivity contribution >= 4 is 17.9 Å². The number of esters is 3. The number of rotatable bonds is 15. The Kier molecular flexibility index (Phi) is 15.5. The number of carbonyl (C=O) groups is 3. The van der Waals surface area contributed by atoms with Gasteiger partial charge in [0.25, 0.3) is 0 Å². The fraction of sp³-hybridized carbons (Fsp3) is 0.258. The van der Waals surface area contributed by atoms with Gasteiger partial charge in [0, 0.05) is 6.08 Å². The molecule has 0 heterocycles. The molecule has 0 aliphatic carbocycles. The minimum absolute atomic E-state index is 0.0424. The Hall–Kier alpha value is -4.59. The number of benzene rings is 2. The largest absolute Gasteiger partial charge is 0.494 e. The smallest absolute Gasteiger partial charge is 0.343 e. The maximum absolute atomic E-state index is 12.3. The minimum atomic E-state index is -0.609. The van der Waals surface area contributed by atoms with Gasteiger partial charge in [-0.3, -0.25) is 0 Å². The van der Waals surface area contributed by atoms with Gasteiger partial charge in [0.2, 0.25) is 0 Å². The summed E-state index contributed by atoms with van der Waals surface area (Å²) in [5, 5.41) is 0. The third kappa shape index (κ3) is 13.0. The normalized spacial score (nSPS) is 9.92. The highest BCUT2D eigenvalue weighted by molar-refractivity contribution is 5.91. The van der Waals surface area contributed by atoms with E-state index in [1.165, 1.54) is 12.2 Å². The molecule has 208 valence electrons. The van der Waals surface area contributed by atoms with Crippen LogP contribution in [0.4, 0.5) is 0 Å². The van der Waals surface area contributed by atoms with E-state index in [9.17, 15) is 14.4 Å². The quantitative estimate of drug-likeness (QED) is 0.0627. The Bertz CT molecular complexity index is 1130. The van der Waals surface area contributed by atoms with Crippen molar-refractivity contribution in [2.45, 2.75) is 33.6 Å². The maximum atomic E-state index is 12.3. The standard InChI is InChI=1S/C29H30O8.C2H6/c1-5-27(30)35-20-8-7-19-34-26-17-13-24(14-18-26)29(32)37-22(4)10-9-21(3)36-28(31)23-11-15-25(16-12-23)33-6-2;1-2/h5,9-18H,1,3-4,6-8,19-20H2,2H3;1-2H3/b10-9-;. The van der Waals surface area contributed by atoms with Crippen LogP contribution in [0.1, 0.15) is 54.3 Å². The lowest BCUT2D eigenvalue weighted by Gasteiger charge is -2.08. The van der Waals surface area contributed by atoms with Gasteiger partial charge in [0.15, 0.2) is 0 Å². The minimum Gasteiger partial charge on any atom is -0.494 e. The number of ether oxygens (including phenoxy) is 5. The van der Waals surface area contributed by atoms with Crippen molar-refractivity contribution in [3.8, 4) is 11.5 Å². The first-order chi connectivity index (χ1) is 18.8. The lowest BCUT2D eigenvalue weighted by molar-refractivity contribution is -0.137. The molecule has 2 aromatic carbocycles. The van der Waals surface area contributed by atoms with Crippen molar-refractivity contribution < 1.29 is 38.1 Å². The molecule has 39 heavy (non-hydrogen) atoms. The first kappa shape index (κ1) is 32.4. The summed E-state index contributed by atoms with van der Waals surface area (Å²) in [5.41, 5.74) is 0.642. The molecular weight excluding hydrogens is 500 g/mol. The molecule has 0 aliphatic heterocycles. The molecule has 8 heteroatoms. The highest BCUT2D eigenvalue weighted by Gasteiger charge is 2.10. The molecule has 0 radical (unpaired) electrons. The van der Waals surface area contributed by atoms with Gasteiger partial charge >= 0.3 is 17.9 Å². The first-order valence-corrected chi connectivity index (χ1v) is 12.6. The average molecular weight is 537 g/mol. The molecule has 2 aromatic rings. The van der Waals surface area contributed by atoms with Crippen molar-refractivity contribution in [2.24, 2.45) is 0 Å². The lowest BCUT2D eigenvalue weighted by Crippen LogP contribution is -2.05. The van der Waals surface area contributed by atoms with E-state index in [1.807, 2.05) is 20.8 Å². The summed E-state index contributed by atoms with van der Waals surface area (Å²) in [4.78, 5) is 35.5. The topological polar surface area (TPSA) is 97.4 Å². The van der Waals surface area contributed by atoms with E-state index in [0.717, 1.165) is 6.08 Å². The Labute approximate surface area is 230 Å². The van der Waals surface area contributed by atoms with Gasteiger partial charge in [-0.2, -0.15) is 0 Å². The van der Waals surface area contributed by atoms with Crippen LogP contribution in [-0.4, -0.2) is 37.7 Å². The van der Waals surface area contributed by atoms with Crippen LogP contribution in [0.2, 0.25) is 0 Å². The van der Waals surface area contributed by atoms with Crippen molar-refractivity contribution in [3.05, 3.63) is 109 Å². The molecule has 0 amide bonds. The van der Waals surface area contributed by atoms with E-state index in [0.29, 0.717) is 55.3 Å². The molecule has 0 atom stereocenters. The van der Waals surface area contributed by atoms with Gasteiger partial charge < -0.3 is 23.7 Å². The molecule has 0 aromatic heterocycles. The fourth-order valence-electron chi connectivity index (χ4n) is 2.78. The second-order valence-corrected chi connectivity index (χ2v) is 7.45. The molecule has 8 nitrogen and oxygen atoms in total. The third-order valence-corrected chi connectivity index (χ3v) is 4.61. The highest BCUT2D eigenvalue weighted by Crippen LogP contribution is 2.16. The lowest BCUT2D eigenvalue weighted by atomic mass is 10.2. The van der Waals surface area contributed by atoms with Crippen LogP contribution >= 0.6 is 0 Å². The van der Waals surface area contributed by atoms with Gasteiger partial charge in [-0.05, 0) is 80.4 Å². The van der Waals surface area contributed by atoms with Crippen LogP contribution in [-0.2, 0) is 19.0 Å². The van der Waals surface area contributed by atoms with Crippen LogP contribution < -0.4 is 9.47 Å². The summed E-state index contributed by atoms with van der Waals surface area (Å²) in [7, 11) is 0. The monoisotopic (exact) mass is 536 g/mol. The predicted molar refractivity (Wildman–Crippen MR) is 150 cm³/mol. The number of hydrogen-bond donors (Lipinski definition) is 0. The Morgan fingerprint density at radius 3 is 1.59 bits per heavy atom. The van der Waals surface area contributed by atoms with Gasteiger partial charge in [-0.15, -0.1) is 0 Å². The van der Waals surface area contributed by atoms with Crippen molar-refractivity contribution in [3.63, 3.8) is 0 Å². The van der Waals surface area contributed by atoms with Crippen LogP contribution in [0.15, 0.2) is 98.0 Å². The van der Waals surface area contributed by atoms with Crippen LogP contribution in [0, 0.1) is 0 Å². The number of carbonyl (C=O) groups excluding carboxylic acids is 3. The van der Waals surface area contributed by atoms with Gasteiger partial charge in [-0.1, -0.05) is 33.6 Å². The zero-order chi connectivity index (χ0) is 29.0. The molecule has 0 N–H and O–H groups in total. The molecule has 0 unspecified atom stereocenters. The molecular formula is C31H36O8. The summed E-state index contributed by atoms with van der Waals surface area (Å²) in [5.74, 6) is -0.309. The second kappa shape index (κ2) is 18.6. The molecule has 2 rings (SSSR count). The van der Waals surface area contributed by atoms with E-state index < -0.39 is 17.9 Å². The van der Waals surface area contributed by atoms with Crippen molar-refractivity contribution in [1.29, 1.82) is 0 Å². The van der Waals surface area contributed by atoms with E-state index in [1.54, 1.807) is 48.5 Å². The molecule has 0 saturated carbocycles. The van der Waals surface area contributed by atoms with Crippen molar-refractivity contribution in [2.75, 3.05) is 19.8 Å². The van der Waals surface area contributed by atoms with E-state index in [-0.39, 0.29) is 11.5 Å². The number of allylic oxidation sites excluding steroid dienone is 2. The predicted octanol–water partition coefficient (Wildman–Crippen LogP) is 6.60. The highest BCUT2D eigenvalue weighted by atomic mass is 16.5. The molecule has 0 bridgehead atoms. The second-order valence-electron chi connectivity index (χ2n) is 7.45. The Balaban J connectivity index is 0.00000371. The first-order valence-electron chi connectivity index (χ1n) is 12.6. The van der Waals surface area contributed by atoms with E-state index >= 15 is 0 Å². The van der Waals surface area contributed by atoms with Crippen LogP contribution in [0.25, 0.3) is 0 Å². The SMILES string of the molecule is C=CC(=O)OCCCCOc1ccc(C(=O)OC(=C)/C=C\C(=C)OC(=O)c2ccc(OCC)cc2)cc1.CC. The van der Waals surface area contributed by atoms with Gasteiger partial charge in [0.05, 0.1) is 30.9 Å². The summed E-state index contributed by atoms with van der Waals surface area (Å²) in [6.45, 7) is 17.8. The van der Waals surface area contributed by atoms with Crippen LogP contribution in [0.3, 0.4) is 0 Å². The van der Waals surface area contributed by atoms with E-state index in [2.05, 4.69) is 19.7 Å². The molecule has 0 fully saturated rings. The average Bonchev–Trinajstić information content (AvgIpc) is 2.95. The molecule has 0 aliphatic rings.